The van der Waals surface area contributed by atoms with E-state index in [2.05, 4.69) is 24.5 Å². The van der Waals surface area contributed by atoms with E-state index >= 15 is 0 Å². The molecule has 0 aromatic heterocycles. The zero-order chi connectivity index (χ0) is 10.4. The number of aliphatic hydroxyl groups is 1. The van der Waals surface area contributed by atoms with Crippen LogP contribution in [-0.4, -0.2) is 10.9 Å². The first kappa shape index (κ1) is 11.2. The number of aryl methyl sites for hydroxylation is 1. The van der Waals surface area contributed by atoms with Crippen LogP contribution >= 0.6 is 12.6 Å². The van der Waals surface area contributed by atoms with Crippen molar-refractivity contribution in [1.82, 2.24) is 0 Å². The minimum absolute atomic E-state index is 0.0773. The van der Waals surface area contributed by atoms with Gasteiger partial charge in [0.25, 0.3) is 0 Å². The summed E-state index contributed by atoms with van der Waals surface area (Å²) in [5.41, 5.74) is 3.01. The summed E-state index contributed by atoms with van der Waals surface area (Å²) < 4.78 is 0. The molecule has 0 bridgehead atoms. The SMILES string of the molecule is Cc1ccc(C#CCCS)cc1CO. The first-order valence-corrected chi connectivity index (χ1v) is 5.21. The minimum atomic E-state index is 0.0773. The maximum atomic E-state index is 9.05. The van der Waals surface area contributed by atoms with E-state index in [1.165, 1.54) is 0 Å². The maximum Gasteiger partial charge on any atom is 0.0684 e. The summed E-state index contributed by atoms with van der Waals surface area (Å²) in [6, 6.07) is 5.89. The smallest absolute Gasteiger partial charge is 0.0684 e. The third kappa shape index (κ3) is 3.10. The third-order valence-electron chi connectivity index (χ3n) is 1.99. The fraction of sp³-hybridized carbons (Fsp3) is 0.333. The van der Waals surface area contributed by atoms with Crippen LogP contribution in [0.4, 0.5) is 0 Å². The van der Waals surface area contributed by atoms with Gasteiger partial charge in [-0.25, -0.2) is 0 Å². The Morgan fingerprint density at radius 3 is 2.86 bits per heavy atom. The van der Waals surface area contributed by atoms with Crippen molar-refractivity contribution in [3.8, 4) is 11.8 Å². The Balaban J connectivity index is 2.86. The van der Waals surface area contributed by atoms with E-state index in [0.29, 0.717) is 0 Å². The highest BCUT2D eigenvalue weighted by Gasteiger charge is 1.96. The zero-order valence-electron chi connectivity index (χ0n) is 8.25. The molecule has 1 rings (SSSR count). The number of thiol groups is 1. The number of rotatable bonds is 2. The fourth-order valence-electron chi connectivity index (χ4n) is 1.14. The van der Waals surface area contributed by atoms with E-state index in [9.17, 15) is 0 Å². The van der Waals surface area contributed by atoms with E-state index in [1.54, 1.807) is 0 Å². The second-order valence-electron chi connectivity index (χ2n) is 3.07. The molecule has 0 radical (unpaired) electrons. The molecule has 0 atom stereocenters. The van der Waals surface area contributed by atoms with Crippen molar-refractivity contribution in [1.29, 1.82) is 0 Å². The molecule has 0 heterocycles. The van der Waals surface area contributed by atoms with E-state index in [0.717, 1.165) is 28.9 Å². The molecule has 1 nitrogen and oxygen atoms in total. The molecule has 0 fully saturated rings. The standard InChI is InChI=1S/C12H14OS/c1-10-5-6-11(4-2-3-7-14)8-12(10)9-13/h5-6,8,13-14H,3,7,9H2,1H3. The largest absolute Gasteiger partial charge is 0.392 e. The molecule has 1 aromatic rings. The lowest BCUT2D eigenvalue weighted by atomic mass is 10.1. The summed E-state index contributed by atoms with van der Waals surface area (Å²) >= 11 is 4.08. The van der Waals surface area contributed by atoms with Gasteiger partial charge in [-0.2, -0.15) is 12.6 Å². The predicted octanol–water partition coefficient (Wildman–Crippen LogP) is 2.16. The summed E-state index contributed by atoms with van der Waals surface area (Å²) in [6.45, 7) is 2.06. The number of benzene rings is 1. The lowest BCUT2D eigenvalue weighted by Crippen LogP contribution is -1.89. The van der Waals surface area contributed by atoms with Gasteiger partial charge in [0.1, 0.15) is 0 Å². The normalized spacial score (nSPS) is 9.36. The molecule has 0 aliphatic carbocycles. The second-order valence-corrected chi connectivity index (χ2v) is 3.52. The molecule has 0 aliphatic rings. The van der Waals surface area contributed by atoms with Crippen LogP contribution in [0.5, 0.6) is 0 Å². The molecule has 2 heteroatoms. The van der Waals surface area contributed by atoms with Crippen LogP contribution in [-0.2, 0) is 6.61 Å². The van der Waals surface area contributed by atoms with Crippen LogP contribution in [0.25, 0.3) is 0 Å². The Morgan fingerprint density at radius 2 is 2.21 bits per heavy atom. The maximum absolute atomic E-state index is 9.05. The monoisotopic (exact) mass is 206 g/mol. The Bertz CT molecular complexity index is 360. The van der Waals surface area contributed by atoms with Crippen molar-refractivity contribution < 1.29 is 5.11 Å². The summed E-state index contributed by atoms with van der Waals surface area (Å²) in [4.78, 5) is 0. The van der Waals surface area contributed by atoms with Crippen molar-refractivity contribution in [2.24, 2.45) is 0 Å². The Kier molecular flexibility index (Phi) is 4.58. The van der Waals surface area contributed by atoms with Gasteiger partial charge in [-0.3, -0.25) is 0 Å². The van der Waals surface area contributed by atoms with Crippen molar-refractivity contribution >= 4 is 12.6 Å². The topological polar surface area (TPSA) is 20.2 Å². The molecular weight excluding hydrogens is 192 g/mol. The van der Waals surface area contributed by atoms with Gasteiger partial charge in [-0.15, -0.1) is 0 Å². The summed E-state index contributed by atoms with van der Waals surface area (Å²) in [5.74, 6) is 6.84. The first-order chi connectivity index (χ1) is 6.77. The number of aliphatic hydroxyl groups excluding tert-OH is 1. The number of hydrogen-bond donors (Lipinski definition) is 2. The zero-order valence-corrected chi connectivity index (χ0v) is 9.14. The molecule has 14 heavy (non-hydrogen) atoms. The summed E-state index contributed by atoms with van der Waals surface area (Å²) in [7, 11) is 0. The van der Waals surface area contributed by atoms with Gasteiger partial charge in [-0.1, -0.05) is 17.9 Å². The molecule has 0 amide bonds. The highest BCUT2D eigenvalue weighted by atomic mass is 32.1. The molecule has 1 aromatic carbocycles. The Morgan fingerprint density at radius 1 is 1.43 bits per heavy atom. The van der Waals surface area contributed by atoms with Gasteiger partial charge in [0.2, 0.25) is 0 Å². The molecular formula is C12H14OS. The van der Waals surface area contributed by atoms with Gasteiger partial charge in [0.15, 0.2) is 0 Å². The van der Waals surface area contributed by atoms with Gasteiger partial charge >= 0.3 is 0 Å². The Labute approximate surface area is 90.6 Å². The van der Waals surface area contributed by atoms with Crippen molar-refractivity contribution in [3.05, 3.63) is 34.9 Å². The van der Waals surface area contributed by atoms with Crippen molar-refractivity contribution in [2.75, 3.05) is 5.75 Å². The van der Waals surface area contributed by atoms with Crippen LogP contribution < -0.4 is 0 Å². The highest BCUT2D eigenvalue weighted by Crippen LogP contribution is 2.10. The van der Waals surface area contributed by atoms with Crippen LogP contribution in [0, 0.1) is 18.8 Å². The van der Waals surface area contributed by atoms with Crippen LogP contribution in [0.3, 0.4) is 0 Å². The molecule has 1 N–H and O–H groups in total. The average molecular weight is 206 g/mol. The average Bonchev–Trinajstić information content (AvgIpc) is 2.21. The van der Waals surface area contributed by atoms with E-state index < -0.39 is 0 Å². The first-order valence-electron chi connectivity index (χ1n) is 4.58. The summed E-state index contributed by atoms with van der Waals surface area (Å²) in [6.07, 6.45) is 0.797. The van der Waals surface area contributed by atoms with Gasteiger partial charge < -0.3 is 5.11 Å². The predicted molar refractivity (Wildman–Crippen MR) is 62.4 cm³/mol. The molecule has 0 aliphatic heterocycles. The molecule has 0 saturated carbocycles. The van der Waals surface area contributed by atoms with E-state index in [-0.39, 0.29) is 6.61 Å². The van der Waals surface area contributed by atoms with E-state index in [1.807, 2.05) is 25.1 Å². The highest BCUT2D eigenvalue weighted by molar-refractivity contribution is 7.80. The van der Waals surface area contributed by atoms with Gasteiger partial charge in [0.05, 0.1) is 6.61 Å². The quantitative estimate of drug-likeness (QED) is 0.561. The molecule has 0 unspecified atom stereocenters. The molecule has 74 valence electrons. The lowest BCUT2D eigenvalue weighted by Gasteiger charge is -2.01. The van der Waals surface area contributed by atoms with Crippen LogP contribution in [0.1, 0.15) is 23.1 Å². The Hall–Kier alpha value is -0.910. The van der Waals surface area contributed by atoms with Crippen LogP contribution in [0.15, 0.2) is 18.2 Å². The number of hydrogen-bond acceptors (Lipinski definition) is 2. The fourth-order valence-corrected chi connectivity index (χ4v) is 1.25. The summed E-state index contributed by atoms with van der Waals surface area (Å²) in [5, 5.41) is 9.05. The third-order valence-corrected chi connectivity index (χ3v) is 2.21. The molecule has 0 saturated heterocycles. The van der Waals surface area contributed by atoms with Crippen molar-refractivity contribution in [2.45, 2.75) is 20.0 Å². The molecule has 0 spiro atoms. The van der Waals surface area contributed by atoms with E-state index in [4.69, 9.17) is 5.11 Å². The van der Waals surface area contributed by atoms with Gasteiger partial charge in [0, 0.05) is 17.7 Å². The second kappa shape index (κ2) is 5.74. The van der Waals surface area contributed by atoms with Gasteiger partial charge in [-0.05, 0) is 30.2 Å². The lowest BCUT2D eigenvalue weighted by molar-refractivity contribution is 0.281. The van der Waals surface area contributed by atoms with Crippen molar-refractivity contribution in [3.63, 3.8) is 0 Å². The minimum Gasteiger partial charge on any atom is -0.392 e. The van der Waals surface area contributed by atoms with Crippen LogP contribution in [0.2, 0.25) is 0 Å².